The van der Waals surface area contributed by atoms with Crippen LogP contribution in [0.3, 0.4) is 0 Å². The second kappa shape index (κ2) is 6.51. The molecule has 0 fully saturated rings. The average Bonchev–Trinajstić information content (AvgIpc) is 2.53. The number of aromatic nitrogens is 2. The lowest BCUT2D eigenvalue weighted by Gasteiger charge is -2.25. The Bertz CT molecular complexity index is 614. The molecule has 1 heterocycles. The zero-order valence-electron chi connectivity index (χ0n) is 11.7. The first-order valence-corrected chi connectivity index (χ1v) is 6.72. The maximum Gasteiger partial charge on any atom is 0.274 e. The van der Waals surface area contributed by atoms with E-state index in [9.17, 15) is 4.79 Å². The maximum absolute atomic E-state index is 12.4. The molecular formula is C14H16ClN5O. The number of nitrogens with one attached hydrogen (secondary N) is 1. The van der Waals surface area contributed by atoms with Crippen molar-refractivity contribution in [1.29, 1.82) is 0 Å². The van der Waals surface area contributed by atoms with Gasteiger partial charge in [-0.25, -0.2) is 15.8 Å². The number of amides is 1. The van der Waals surface area contributed by atoms with Crippen LogP contribution in [0.2, 0.25) is 5.02 Å². The van der Waals surface area contributed by atoms with E-state index in [0.717, 1.165) is 5.56 Å². The van der Waals surface area contributed by atoms with Crippen LogP contribution in [-0.4, -0.2) is 27.8 Å². The fraction of sp³-hybridized carbons (Fsp3) is 0.214. The van der Waals surface area contributed by atoms with Crippen molar-refractivity contribution in [1.82, 2.24) is 14.9 Å². The van der Waals surface area contributed by atoms with Crippen LogP contribution in [0.15, 0.2) is 36.7 Å². The number of rotatable bonds is 4. The molecule has 0 saturated carbocycles. The highest BCUT2D eigenvalue weighted by Gasteiger charge is 2.20. The first kappa shape index (κ1) is 15.2. The van der Waals surface area contributed by atoms with Crippen LogP contribution in [0, 0.1) is 0 Å². The summed E-state index contributed by atoms with van der Waals surface area (Å²) in [5.41, 5.74) is 3.62. The van der Waals surface area contributed by atoms with E-state index in [4.69, 9.17) is 17.4 Å². The molecule has 1 atom stereocenters. The minimum absolute atomic E-state index is 0.108. The minimum atomic E-state index is -0.214. The van der Waals surface area contributed by atoms with Crippen LogP contribution in [0.25, 0.3) is 0 Å². The van der Waals surface area contributed by atoms with Gasteiger partial charge in [-0.2, -0.15) is 0 Å². The standard InChI is InChI=1S/C14H16ClN5O/c1-9(10-3-5-11(15)6-4-10)20(2)14(21)12-7-18-13(19-16)8-17-12/h3-9H,16H2,1-2H3,(H,18,19). The van der Waals surface area contributed by atoms with Gasteiger partial charge in [0.05, 0.1) is 18.4 Å². The van der Waals surface area contributed by atoms with Crippen LogP contribution in [0.4, 0.5) is 5.82 Å². The summed E-state index contributed by atoms with van der Waals surface area (Å²) < 4.78 is 0. The topological polar surface area (TPSA) is 84.1 Å². The Morgan fingerprint density at radius 1 is 1.29 bits per heavy atom. The van der Waals surface area contributed by atoms with E-state index in [1.165, 1.54) is 12.4 Å². The molecule has 0 bridgehead atoms. The first-order chi connectivity index (χ1) is 10.0. The first-order valence-electron chi connectivity index (χ1n) is 6.34. The molecule has 21 heavy (non-hydrogen) atoms. The molecule has 0 saturated heterocycles. The number of nitrogen functional groups attached to an aromatic ring is 1. The van der Waals surface area contributed by atoms with Gasteiger partial charge in [0.2, 0.25) is 0 Å². The highest BCUT2D eigenvalue weighted by molar-refractivity contribution is 6.30. The molecule has 0 aliphatic carbocycles. The summed E-state index contributed by atoms with van der Waals surface area (Å²) in [6.07, 6.45) is 2.80. The molecule has 110 valence electrons. The van der Waals surface area contributed by atoms with Gasteiger partial charge in [0.1, 0.15) is 5.69 Å². The number of benzene rings is 1. The Morgan fingerprint density at radius 2 is 1.95 bits per heavy atom. The highest BCUT2D eigenvalue weighted by atomic mass is 35.5. The fourth-order valence-corrected chi connectivity index (χ4v) is 1.96. The summed E-state index contributed by atoms with van der Waals surface area (Å²) in [5, 5.41) is 0.663. The molecule has 2 rings (SSSR count). The Morgan fingerprint density at radius 3 is 2.48 bits per heavy atom. The summed E-state index contributed by atoms with van der Waals surface area (Å²) in [6, 6.07) is 7.28. The van der Waals surface area contributed by atoms with Gasteiger partial charge in [-0.3, -0.25) is 4.79 Å². The zero-order valence-corrected chi connectivity index (χ0v) is 12.5. The van der Waals surface area contributed by atoms with Crippen molar-refractivity contribution in [2.24, 2.45) is 5.84 Å². The second-order valence-electron chi connectivity index (χ2n) is 4.57. The number of carbonyl (C=O) groups is 1. The van der Waals surface area contributed by atoms with E-state index in [2.05, 4.69) is 15.4 Å². The minimum Gasteiger partial charge on any atom is -0.334 e. The van der Waals surface area contributed by atoms with Crippen molar-refractivity contribution in [2.75, 3.05) is 12.5 Å². The quantitative estimate of drug-likeness (QED) is 0.668. The molecule has 1 unspecified atom stereocenters. The lowest BCUT2D eigenvalue weighted by molar-refractivity contribution is 0.0736. The number of anilines is 1. The van der Waals surface area contributed by atoms with Crippen LogP contribution in [-0.2, 0) is 0 Å². The summed E-state index contributed by atoms with van der Waals surface area (Å²) in [7, 11) is 1.72. The zero-order chi connectivity index (χ0) is 15.4. The third-order valence-electron chi connectivity index (χ3n) is 3.27. The molecule has 0 radical (unpaired) electrons. The Kier molecular flexibility index (Phi) is 4.72. The molecule has 1 amide bonds. The Labute approximate surface area is 127 Å². The van der Waals surface area contributed by atoms with Crippen LogP contribution < -0.4 is 11.3 Å². The molecule has 6 nitrogen and oxygen atoms in total. The van der Waals surface area contributed by atoms with Crippen LogP contribution in [0.5, 0.6) is 0 Å². The predicted octanol–water partition coefficient (Wildman–Crippen LogP) is 2.25. The summed E-state index contributed by atoms with van der Waals surface area (Å²) in [5.74, 6) is 5.40. The molecule has 1 aromatic heterocycles. The van der Waals surface area contributed by atoms with E-state index < -0.39 is 0 Å². The number of hydrogen-bond acceptors (Lipinski definition) is 5. The van der Waals surface area contributed by atoms with E-state index in [1.807, 2.05) is 19.1 Å². The van der Waals surface area contributed by atoms with Gasteiger partial charge in [-0.1, -0.05) is 23.7 Å². The van der Waals surface area contributed by atoms with Gasteiger partial charge >= 0.3 is 0 Å². The predicted molar refractivity (Wildman–Crippen MR) is 81.8 cm³/mol. The van der Waals surface area contributed by atoms with E-state index in [-0.39, 0.29) is 17.6 Å². The van der Waals surface area contributed by atoms with Crippen molar-refractivity contribution in [3.8, 4) is 0 Å². The number of nitrogens with two attached hydrogens (primary N) is 1. The second-order valence-corrected chi connectivity index (χ2v) is 5.01. The normalized spacial score (nSPS) is 11.8. The molecule has 3 N–H and O–H groups in total. The monoisotopic (exact) mass is 305 g/mol. The Hall–Kier alpha value is -2.18. The largest absolute Gasteiger partial charge is 0.334 e. The molecule has 0 aliphatic rings. The van der Waals surface area contributed by atoms with Crippen LogP contribution >= 0.6 is 11.6 Å². The summed E-state index contributed by atoms with van der Waals surface area (Å²) in [4.78, 5) is 22.0. The average molecular weight is 306 g/mol. The summed E-state index contributed by atoms with van der Waals surface area (Å²) in [6.45, 7) is 1.93. The molecular weight excluding hydrogens is 290 g/mol. The van der Waals surface area contributed by atoms with E-state index >= 15 is 0 Å². The molecule has 0 spiro atoms. The number of hydrogen-bond donors (Lipinski definition) is 2. The number of nitrogens with zero attached hydrogens (tertiary/aromatic N) is 3. The molecule has 2 aromatic rings. The SMILES string of the molecule is CC(c1ccc(Cl)cc1)N(C)C(=O)c1cnc(NN)cn1. The third kappa shape index (κ3) is 3.48. The smallest absolute Gasteiger partial charge is 0.274 e. The van der Waals surface area contributed by atoms with Gasteiger partial charge in [0.25, 0.3) is 5.91 Å². The number of carbonyl (C=O) groups excluding carboxylic acids is 1. The summed E-state index contributed by atoms with van der Waals surface area (Å²) >= 11 is 5.87. The fourth-order valence-electron chi connectivity index (χ4n) is 1.83. The van der Waals surface area contributed by atoms with Gasteiger partial charge in [-0.15, -0.1) is 0 Å². The lowest BCUT2D eigenvalue weighted by atomic mass is 10.1. The van der Waals surface area contributed by atoms with E-state index in [1.54, 1.807) is 24.1 Å². The Balaban J connectivity index is 2.15. The van der Waals surface area contributed by atoms with Gasteiger partial charge < -0.3 is 10.3 Å². The van der Waals surface area contributed by atoms with Crippen molar-refractivity contribution in [2.45, 2.75) is 13.0 Å². The number of halogens is 1. The highest BCUT2D eigenvalue weighted by Crippen LogP contribution is 2.22. The van der Waals surface area contributed by atoms with E-state index in [0.29, 0.717) is 10.8 Å². The molecule has 7 heteroatoms. The maximum atomic E-state index is 12.4. The third-order valence-corrected chi connectivity index (χ3v) is 3.52. The lowest BCUT2D eigenvalue weighted by Crippen LogP contribution is -2.30. The van der Waals surface area contributed by atoms with Gasteiger partial charge in [0, 0.05) is 12.1 Å². The molecule has 0 aliphatic heterocycles. The van der Waals surface area contributed by atoms with Crippen molar-refractivity contribution in [3.63, 3.8) is 0 Å². The van der Waals surface area contributed by atoms with Crippen molar-refractivity contribution in [3.05, 3.63) is 52.9 Å². The van der Waals surface area contributed by atoms with Crippen LogP contribution in [0.1, 0.15) is 29.0 Å². The van der Waals surface area contributed by atoms with Gasteiger partial charge in [-0.05, 0) is 24.6 Å². The van der Waals surface area contributed by atoms with Crippen molar-refractivity contribution >= 4 is 23.3 Å². The van der Waals surface area contributed by atoms with Gasteiger partial charge in [0.15, 0.2) is 5.82 Å². The molecule has 1 aromatic carbocycles. The van der Waals surface area contributed by atoms with Crippen molar-refractivity contribution < 1.29 is 4.79 Å². The number of hydrazine groups is 1.